The Bertz CT molecular complexity index is 507. The van der Waals surface area contributed by atoms with E-state index in [0.717, 1.165) is 18.6 Å². The SMILES string of the molecule is CCc1ccsc1C(Br)Cc1cccc(OC)c1. The summed E-state index contributed by atoms with van der Waals surface area (Å²) in [6, 6.07) is 10.5. The van der Waals surface area contributed by atoms with Crippen LogP contribution in [-0.2, 0) is 12.8 Å². The van der Waals surface area contributed by atoms with E-state index in [1.807, 2.05) is 23.5 Å². The van der Waals surface area contributed by atoms with Gasteiger partial charge in [0.25, 0.3) is 0 Å². The zero-order valence-electron chi connectivity index (χ0n) is 10.7. The van der Waals surface area contributed by atoms with Gasteiger partial charge in [0, 0.05) is 4.88 Å². The molecule has 0 aliphatic rings. The van der Waals surface area contributed by atoms with Crippen LogP contribution in [0.25, 0.3) is 0 Å². The molecule has 1 aromatic carbocycles. The van der Waals surface area contributed by atoms with Crippen molar-refractivity contribution < 1.29 is 4.74 Å². The third kappa shape index (κ3) is 3.15. The molecular weight excluding hydrogens is 308 g/mol. The number of alkyl halides is 1. The summed E-state index contributed by atoms with van der Waals surface area (Å²) < 4.78 is 5.26. The number of hydrogen-bond donors (Lipinski definition) is 0. The van der Waals surface area contributed by atoms with Crippen molar-refractivity contribution >= 4 is 27.3 Å². The average molecular weight is 325 g/mol. The van der Waals surface area contributed by atoms with E-state index in [0.29, 0.717) is 4.83 Å². The van der Waals surface area contributed by atoms with Gasteiger partial charge in [-0.2, -0.15) is 0 Å². The van der Waals surface area contributed by atoms with Crippen molar-refractivity contribution in [3.63, 3.8) is 0 Å². The summed E-state index contributed by atoms with van der Waals surface area (Å²) in [5.41, 5.74) is 2.75. The van der Waals surface area contributed by atoms with Crippen LogP contribution in [0.5, 0.6) is 5.75 Å². The van der Waals surface area contributed by atoms with Gasteiger partial charge in [0.2, 0.25) is 0 Å². The fraction of sp³-hybridized carbons (Fsp3) is 0.333. The van der Waals surface area contributed by atoms with Crippen LogP contribution in [0, 0.1) is 0 Å². The van der Waals surface area contributed by atoms with Crippen molar-refractivity contribution in [1.82, 2.24) is 0 Å². The molecule has 3 heteroatoms. The summed E-state index contributed by atoms with van der Waals surface area (Å²) in [6.07, 6.45) is 2.09. The predicted molar refractivity (Wildman–Crippen MR) is 82.1 cm³/mol. The maximum atomic E-state index is 5.26. The van der Waals surface area contributed by atoms with Crippen LogP contribution in [0.4, 0.5) is 0 Å². The number of aryl methyl sites for hydroxylation is 1. The van der Waals surface area contributed by atoms with E-state index in [2.05, 4.69) is 46.4 Å². The second-order valence-electron chi connectivity index (χ2n) is 4.19. The average Bonchev–Trinajstić information content (AvgIpc) is 2.87. The van der Waals surface area contributed by atoms with E-state index in [9.17, 15) is 0 Å². The van der Waals surface area contributed by atoms with Crippen molar-refractivity contribution in [3.05, 3.63) is 51.7 Å². The highest BCUT2D eigenvalue weighted by atomic mass is 79.9. The lowest BCUT2D eigenvalue weighted by molar-refractivity contribution is 0.414. The van der Waals surface area contributed by atoms with Gasteiger partial charge in [-0.3, -0.25) is 0 Å². The Hall–Kier alpha value is -0.800. The molecule has 0 bridgehead atoms. The lowest BCUT2D eigenvalue weighted by atomic mass is 10.1. The van der Waals surface area contributed by atoms with Gasteiger partial charge in [-0.25, -0.2) is 0 Å². The van der Waals surface area contributed by atoms with Gasteiger partial charge in [0.15, 0.2) is 0 Å². The molecular formula is C15H17BrOS. The Morgan fingerprint density at radius 1 is 1.33 bits per heavy atom. The molecule has 0 saturated heterocycles. The van der Waals surface area contributed by atoms with Crippen LogP contribution in [0.3, 0.4) is 0 Å². The first-order valence-electron chi connectivity index (χ1n) is 6.07. The number of methoxy groups -OCH3 is 1. The highest BCUT2D eigenvalue weighted by Crippen LogP contribution is 2.34. The van der Waals surface area contributed by atoms with Crippen LogP contribution >= 0.6 is 27.3 Å². The van der Waals surface area contributed by atoms with E-state index in [1.54, 1.807) is 7.11 Å². The van der Waals surface area contributed by atoms with Crippen LogP contribution in [0.2, 0.25) is 0 Å². The second-order valence-corrected chi connectivity index (χ2v) is 6.24. The summed E-state index contributed by atoms with van der Waals surface area (Å²) in [7, 11) is 1.71. The first-order chi connectivity index (χ1) is 8.74. The van der Waals surface area contributed by atoms with E-state index in [-0.39, 0.29) is 0 Å². The van der Waals surface area contributed by atoms with Crippen molar-refractivity contribution in [1.29, 1.82) is 0 Å². The molecule has 1 aromatic heterocycles. The molecule has 0 aliphatic heterocycles. The second kappa shape index (κ2) is 6.39. The molecule has 0 spiro atoms. The normalized spacial score (nSPS) is 12.4. The van der Waals surface area contributed by atoms with Gasteiger partial charge < -0.3 is 4.74 Å². The summed E-state index contributed by atoms with van der Waals surface area (Å²) in [5, 5.41) is 2.17. The molecule has 1 unspecified atom stereocenters. The van der Waals surface area contributed by atoms with Crippen molar-refractivity contribution in [2.75, 3.05) is 7.11 Å². The van der Waals surface area contributed by atoms with Gasteiger partial charge in [-0.15, -0.1) is 11.3 Å². The topological polar surface area (TPSA) is 9.23 Å². The molecule has 0 radical (unpaired) electrons. The van der Waals surface area contributed by atoms with Crippen molar-refractivity contribution in [2.45, 2.75) is 24.6 Å². The first kappa shape index (κ1) is 13.6. The maximum absolute atomic E-state index is 5.26. The fourth-order valence-electron chi connectivity index (χ4n) is 2.01. The zero-order chi connectivity index (χ0) is 13.0. The number of ether oxygens (including phenoxy) is 1. The molecule has 96 valence electrons. The smallest absolute Gasteiger partial charge is 0.119 e. The number of halogens is 1. The first-order valence-corrected chi connectivity index (χ1v) is 7.87. The lowest BCUT2D eigenvalue weighted by Gasteiger charge is -2.11. The third-order valence-corrected chi connectivity index (χ3v) is 5.15. The minimum absolute atomic E-state index is 0.388. The molecule has 1 heterocycles. The quantitative estimate of drug-likeness (QED) is 0.703. The molecule has 0 fully saturated rings. The highest BCUT2D eigenvalue weighted by molar-refractivity contribution is 9.09. The number of hydrogen-bond acceptors (Lipinski definition) is 2. The monoisotopic (exact) mass is 324 g/mol. The Kier molecular flexibility index (Phi) is 4.84. The molecule has 2 rings (SSSR count). The molecule has 0 saturated carbocycles. The predicted octanol–water partition coefficient (Wildman–Crippen LogP) is 5.00. The number of thiophene rings is 1. The molecule has 18 heavy (non-hydrogen) atoms. The number of benzene rings is 1. The molecule has 0 N–H and O–H groups in total. The van der Waals surface area contributed by atoms with Gasteiger partial charge >= 0.3 is 0 Å². The molecule has 0 aliphatic carbocycles. The molecule has 2 aromatic rings. The van der Waals surface area contributed by atoms with Crippen molar-refractivity contribution in [2.24, 2.45) is 0 Å². The minimum atomic E-state index is 0.388. The van der Waals surface area contributed by atoms with E-state index < -0.39 is 0 Å². The summed E-state index contributed by atoms with van der Waals surface area (Å²) in [5.74, 6) is 0.925. The minimum Gasteiger partial charge on any atom is -0.497 e. The Morgan fingerprint density at radius 2 is 2.17 bits per heavy atom. The van der Waals surface area contributed by atoms with E-state index in [1.165, 1.54) is 16.0 Å². The Morgan fingerprint density at radius 3 is 2.89 bits per heavy atom. The van der Waals surface area contributed by atoms with Crippen LogP contribution in [0.15, 0.2) is 35.7 Å². The standard InChI is InChI=1S/C15H17BrOS/c1-3-12-7-8-18-15(12)14(16)10-11-5-4-6-13(9-11)17-2/h4-9,14H,3,10H2,1-2H3. The van der Waals surface area contributed by atoms with Crippen LogP contribution in [-0.4, -0.2) is 7.11 Å². The van der Waals surface area contributed by atoms with Crippen LogP contribution in [0.1, 0.15) is 27.8 Å². The van der Waals surface area contributed by atoms with Gasteiger partial charge in [0.1, 0.15) is 5.75 Å². The maximum Gasteiger partial charge on any atom is 0.119 e. The molecule has 1 atom stereocenters. The largest absolute Gasteiger partial charge is 0.497 e. The third-order valence-electron chi connectivity index (χ3n) is 3.00. The summed E-state index contributed by atoms with van der Waals surface area (Å²) >= 11 is 5.64. The Balaban J connectivity index is 2.13. The lowest BCUT2D eigenvalue weighted by Crippen LogP contribution is -1.96. The van der Waals surface area contributed by atoms with Gasteiger partial charge in [0.05, 0.1) is 11.9 Å². The van der Waals surface area contributed by atoms with E-state index >= 15 is 0 Å². The number of rotatable bonds is 5. The Labute approximate surface area is 121 Å². The van der Waals surface area contributed by atoms with Crippen molar-refractivity contribution in [3.8, 4) is 5.75 Å². The van der Waals surface area contributed by atoms with E-state index in [4.69, 9.17) is 4.74 Å². The van der Waals surface area contributed by atoms with Gasteiger partial charge in [-0.1, -0.05) is 35.0 Å². The van der Waals surface area contributed by atoms with Gasteiger partial charge in [-0.05, 0) is 47.5 Å². The van der Waals surface area contributed by atoms with Crippen LogP contribution < -0.4 is 4.74 Å². The highest BCUT2D eigenvalue weighted by Gasteiger charge is 2.13. The molecule has 0 amide bonds. The zero-order valence-corrected chi connectivity index (χ0v) is 13.1. The summed E-state index contributed by atoms with van der Waals surface area (Å²) in [6.45, 7) is 2.21. The fourth-order valence-corrected chi connectivity index (χ4v) is 3.98. The summed E-state index contributed by atoms with van der Waals surface area (Å²) in [4.78, 5) is 1.83. The molecule has 1 nitrogen and oxygen atoms in total.